The first-order valence-corrected chi connectivity index (χ1v) is 4.53. The topological polar surface area (TPSA) is 78.2 Å². The molecule has 5 nitrogen and oxygen atoms in total. The molecule has 0 N–H and O–H groups in total. The van der Waals surface area contributed by atoms with E-state index >= 15 is 0 Å². The Morgan fingerprint density at radius 2 is 1.69 bits per heavy atom. The number of rotatable bonds is 2. The second-order valence-electron chi connectivity index (χ2n) is 3.28. The van der Waals surface area contributed by atoms with Gasteiger partial charge in [0, 0.05) is 0 Å². The van der Waals surface area contributed by atoms with Crippen molar-refractivity contribution in [3.05, 3.63) is 35.4 Å². The summed E-state index contributed by atoms with van der Waals surface area (Å²) in [4.78, 5) is 35.1. The predicted molar refractivity (Wildman–Crippen MR) is 52.4 cm³/mol. The molecule has 0 spiro atoms. The maximum atomic E-state index is 11.7. The van der Waals surface area contributed by atoms with Crippen molar-refractivity contribution in [3.63, 3.8) is 0 Å². The smallest absolute Gasteiger partial charge is 0.261 e. The minimum Gasteiger partial charge on any atom is -0.281 e. The number of benzene rings is 1. The fraction of sp³-hybridized carbons (Fsp3) is 0.0909. The number of hydrogen-bond acceptors (Lipinski definition) is 4. The molecule has 0 saturated carbocycles. The van der Waals surface area contributed by atoms with E-state index in [1.807, 2.05) is 0 Å². The van der Waals surface area contributed by atoms with Gasteiger partial charge in [-0.3, -0.25) is 19.3 Å². The number of Topliss-reactive ketones (excluding diaryl/α,β-unsaturated/α-hetero) is 1. The van der Waals surface area contributed by atoms with E-state index in [1.165, 1.54) is 18.2 Å². The van der Waals surface area contributed by atoms with Crippen molar-refractivity contribution in [3.8, 4) is 6.07 Å². The zero-order chi connectivity index (χ0) is 11.7. The third kappa shape index (κ3) is 1.37. The number of amides is 2. The Morgan fingerprint density at radius 3 is 2.12 bits per heavy atom. The van der Waals surface area contributed by atoms with Gasteiger partial charge in [0.15, 0.2) is 0 Å². The summed E-state index contributed by atoms with van der Waals surface area (Å²) in [6.45, 7) is -0.483. The van der Waals surface area contributed by atoms with Crippen LogP contribution in [-0.4, -0.2) is 29.0 Å². The molecule has 2 amide bonds. The summed E-state index contributed by atoms with van der Waals surface area (Å²) in [5.41, 5.74) is 0.552. The molecular formula is C11H6N2O3. The van der Waals surface area contributed by atoms with Gasteiger partial charge < -0.3 is 0 Å². The SMILES string of the molecule is N#CC(=O)CN1C(=O)c2ccccc2C1=O. The minimum absolute atomic E-state index is 0.276. The van der Waals surface area contributed by atoms with Gasteiger partial charge in [-0.2, -0.15) is 5.26 Å². The average molecular weight is 214 g/mol. The number of imide groups is 1. The Bertz CT molecular complexity index is 507. The Labute approximate surface area is 90.9 Å². The summed E-state index contributed by atoms with van der Waals surface area (Å²) in [5, 5.41) is 8.34. The molecule has 1 aromatic rings. The minimum atomic E-state index is -0.811. The van der Waals surface area contributed by atoms with E-state index < -0.39 is 24.1 Å². The second kappa shape index (κ2) is 3.59. The van der Waals surface area contributed by atoms with E-state index in [2.05, 4.69) is 0 Å². The van der Waals surface area contributed by atoms with Crippen LogP contribution in [0.25, 0.3) is 0 Å². The fourth-order valence-corrected chi connectivity index (χ4v) is 1.56. The van der Waals surface area contributed by atoms with Crippen LogP contribution in [0.4, 0.5) is 0 Å². The third-order valence-corrected chi connectivity index (χ3v) is 2.30. The van der Waals surface area contributed by atoms with Gasteiger partial charge in [-0.1, -0.05) is 12.1 Å². The van der Waals surface area contributed by atoms with Crippen LogP contribution in [0.1, 0.15) is 20.7 Å². The Morgan fingerprint density at radius 1 is 1.19 bits per heavy atom. The van der Waals surface area contributed by atoms with E-state index in [9.17, 15) is 14.4 Å². The zero-order valence-electron chi connectivity index (χ0n) is 8.14. The third-order valence-electron chi connectivity index (χ3n) is 2.30. The molecule has 1 aliphatic heterocycles. The van der Waals surface area contributed by atoms with Gasteiger partial charge in [0.05, 0.1) is 11.1 Å². The highest BCUT2D eigenvalue weighted by molar-refractivity contribution is 6.22. The highest BCUT2D eigenvalue weighted by Gasteiger charge is 2.35. The number of ketones is 1. The molecule has 0 saturated heterocycles. The standard InChI is InChI=1S/C11H6N2O3/c12-5-7(14)6-13-10(15)8-3-1-2-4-9(8)11(13)16/h1-4H,6H2. The monoisotopic (exact) mass is 214 g/mol. The molecular weight excluding hydrogens is 208 g/mol. The fourth-order valence-electron chi connectivity index (χ4n) is 1.56. The maximum absolute atomic E-state index is 11.7. The summed E-state index contributed by atoms with van der Waals surface area (Å²) in [7, 11) is 0. The van der Waals surface area contributed by atoms with Crippen molar-refractivity contribution in [1.82, 2.24) is 4.90 Å². The maximum Gasteiger partial charge on any atom is 0.261 e. The molecule has 2 rings (SSSR count). The Balaban J connectivity index is 2.36. The Kier molecular flexibility index (Phi) is 2.25. The van der Waals surface area contributed by atoms with Crippen molar-refractivity contribution in [2.45, 2.75) is 0 Å². The lowest BCUT2D eigenvalue weighted by molar-refractivity contribution is -0.114. The van der Waals surface area contributed by atoms with Crippen molar-refractivity contribution in [1.29, 1.82) is 5.26 Å². The quantitative estimate of drug-likeness (QED) is 0.526. The molecule has 0 radical (unpaired) electrons. The first kappa shape index (κ1) is 10.1. The number of carbonyl (C=O) groups excluding carboxylic acids is 3. The van der Waals surface area contributed by atoms with Gasteiger partial charge in [0.2, 0.25) is 0 Å². The van der Waals surface area contributed by atoms with Crippen LogP contribution in [-0.2, 0) is 4.79 Å². The van der Waals surface area contributed by atoms with E-state index in [4.69, 9.17) is 5.26 Å². The van der Waals surface area contributed by atoms with Gasteiger partial charge in [-0.15, -0.1) is 0 Å². The molecule has 78 valence electrons. The van der Waals surface area contributed by atoms with Crippen LogP contribution in [0.15, 0.2) is 24.3 Å². The molecule has 0 fully saturated rings. The highest BCUT2D eigenvalue weighted by Crippen LogP contribution is 2.21. The van der Waals surface area contributed by atoms with Gasteiger partial charge in [-0.05, 0) is 12.1 Å². The number of hydrogen-bond donors (Lipinski definition) is 0. The van der Waals surface area contributed by atoms with Crippen LogP contribution in [0.3, 0.4) is 0 Å². The van der Waals surface area contributed by atoms with Crippen LogP contribution in [0.5, 0.6) is 0 Å². The average Bonchev–Trinajstić information content (AvgIpc) is 2.55. The molecule has 1 heterocycles. The van der Waals surface area contributed by atoms with Crippen LogP contribution >= 0.6 is 0 Å². The summed E-state index contributed by atoms with van der Waals surface area (Å²) in [5.74, 6) is -1.86. The number of nitrogens with zero attached hydrogens (tertiary/aromatic N) is 2. The Hall–Kier alpha value is -2.48. The number of nitriles is 1. The molecule has 0 atom stereocenters. The normalized spacial score (nSPS) is 13.6. The van der Waals surface area contributed by atoms with E-state index in [1.54, 1.807) is 12.1 Å². The lowest BCUT2D eigenvalue weighted by Gasteiger charge is -2.09. The summed E-state index contributed by atoms with van der Waals surface area (Å²) < 4.78 is 0. The summed E-state index contributed by atoms with van der Waals surface area (Å²) in [6.07, 6.45) is 0. The van der Waals surface area contributed by atoms with Gasteiger partial charge in [0.25, 0.3) is 17.6 Å². The van der Waals surface area contributed by atoms with Gasteiger partial charge in [0.1, 0.15) is 12.6 Å². The molecule has 16 heavy (non-hydrogen) atoms. The highest BCUT2D eigenvalue weighted by atomic mass is 16.2. The molecule has 0 aliphatic carbocycles. The summed E-state index contributed by atoms with van der Waals surface area (Å²) >= 11 is 0. The first-order valence-electron chi connectivity index (χ1n) is 4.53. The van der Waals surface area contributed by atoms with Crippen molar-refractivity contribution in [2.75, 3.05) is 6.54 Å². The van der Waals surface area contributed by atoms with E-state index in [0.717, 1.165) is 4.90 Å². The predicted octanol–water partition coefficient (Wildman–Crippen LogP) is 0.375. The van der Waals surface area contributed by atoms with Crippen LogP contribution in [0, 0.1) is 11.3 Å². The molecule has 0 bridgehead atoms. The largest absolute Gasteiger partial charge is 0.281 e. The molecule has 1 aromatic carbocycles. The second-order valence-corrected chi connectivity index (χ2v) is 3.28. The van der Waals surface area contributed by atoms with Crippen LogP contribution < -0.4 is 0 Å². The molecule has 0 aromatic heterocycles. The van der Waals surface area contributed by atoms with Crippen molar-refractivity contribution < 1.29 is 14.4 Å². The summed E-state index contributed by atoms with van der Waals surface area (Å²) in [6, 6.07) is 7.69. The molecule has 1 aliphatic rings. The van der Waals surface area contributed by atoms with E-state index in [0.29, 0.717) is 0 Å². The zero-order valence-corrected chi connectivity index (χ0v) is 8.14. The molecule has 5 heteroatoms. The molecule has 0 unspecified atom stereocenters. The van der Waals surface area contributed by atoms with Gasteiger partial charge >= 0.3 is 0 Å². The number of fused-ring (bicyclic) bond motifs is 1. The lowest BCUT2D eigenvalue weighted by Crippen LogP contribution is -2.34. The van der Waals surface area contributed by atoms with E-state index in [-0.39, 0.29) is 11.1 Å². The van der Waals surface area contributed by atoms with Gasteiger partial charge in [-0.25, -0.2) is 0 Å². The number of carbonyl (C=O) groups is 3. The van der Waals surface area contributed by atoms with Crippen molar-refractivity contribution in [2.24, 2.45) is 0 Å². The first-order chi connectivity index (χ1) is 7.65. The van der Waals surface area contributed by atoms with Crippen molar-refractivity contribution >= 4 is 17.6 Å². The van der Waals surface area contributed by atoms with Crippen LogP contribution in [0.2, 0.25) is 0 Å². The lowest BCUT2D eigenvalue weighted by atomic mass is 10.1.